The maximum absolute atomic E-state index is 12.3. The van der Waals surface area contributed by atoms with E-state index in [1.165, 1.54) is 0 Å². The number of benzene rings is 1. The van der Waals surface area contributed by atoms with E-state index in [1.807, 2.05) is 6.92 Å². The lowest BCUT2D eigenvalue weighted by atomic mass is 10.1. The monoisotopic (exact) mass is 308 g/mol. The van der Waals surface area contributed by atoms with E-state index in [1.54, 1.807) is 24.3 Å². The summed E-state index contributed by atoms with van der Waals surface area (Å²) in [5.74, 6) is 5.59. The van der Waals surface area contributed by atoms with Gasteiger partial charge in [0.2, 0.25) is 10.0 Å². The van der Waals surface area contributed by atoms with E-state index < -0.39 is 10.0 Å². The number of sulfonamides is 1. The fraction of sp³-hybridized carbons (Fsp3) is 0.467. The highest BCUT2D eigenvalue weighted by atomic mass is 32.2. The molecule has 1 aliphatic rings. The van der Waals surface area contributed by atoms with Crippen molar-refractivity contribution in [2.24, 2.45) is 5.73 Å². The summed E-state index contributed by atoms with van der Waals surface area (Å²) in [4.78, 5) is 0.227. The molecule has 5 nitrogen and oxygen atoms in total. The van der Waals surface area contributed by atoms with Gasteiger partial charge in [0.15, 0.2) is 0 Å². The number of nitrogens with one attached hydrogen (secondary N) is 1. The Hall–Kier alpha value is -1.39. The molecule has 21 heavy (non-hydrogen) atoms. The van der Waals surface area contributed by atoms with Crippen LogP contribution in [0, 0.1) is 11.8 Å². The first kappa shape index (κ1) is 16.0. The lowest BCUT2D eigenvalue weighted by Gasteiger charge is -2.19. The molecular weight excluding hydrogens is 288 g/mol. The molecule has 1 aromatic rings. The van der Waals surface area contributed by atoms with Crippen molar-refractivity contribution >= 4 is 10.0 Å². The Bertz CT molecular complexity index is 623. The summed E-state index contributed by atoms with van der Waals surface area (Å²) in [6.45, 7) is 2.81. The van der Waals surface area contributed by atoms with Crippen LogP contribution in [0.3, 0.4) is 0 Å². The van der Waals surface area contributed by atoms with Crippen molar-refractivity contribution < 1.29 is 13.2 Å². The van der Waals surface area contributed by atoms with E-state index in [9.17, 15) is 8.42 Å². The van der Waals surface area contributed by atoms with Gasteiger partial charge in [-0.05, 0) is 44.0 Å². The number of rotatable bonds is 4. The van der Waals surface area contributed by atoms with Crippen molar-refractivity contribution in [2.75, 3.05) is 13.2 Å². The average Bonchev–Trinajstić information content (AvgIpc) is 2.99. The summed E-state index contributed by atoms with van der Waals surface area (Å²) >= 11 is 0. The standard InChI is InChI=1S/C15H20N2O3S/c1-12(15-5-3-11-20-15)17-21(18,19)14-8-6-13(7-9-14)4-2-10-16/h6-9,12,15,17H,3,5,10-11,16H2,1H3. The number of nitrogens with two attached hydrogens (primary N) is 1. The van der Waals surface area contributed by atoms with Crippen LogP contribution >= 0.6 is 0 Å². The first-order valence-electron chi connectivity index (χ1n) is 6.96. The second kappa shape index (κ2) is 7.05. The maximum atomic E-state index is 12.3. The number of ether oxygens (including phenoxy) is 1. The Balaban J connectivity index is 2.08. The van der Waals surface area contributed by atoms with Gasteiger partial charge in [0.05, 0.1) is 17.5 Å². The molecule has 0 spiro atoms. The molecule has 2 atom stereocenters. The third-order valence-corrected chi connectivity index (χ3v) is 4.94. The highest BCUT2D eigenvalue weighted by Crippen LogP contribution is 2.18. The van der Waals surface area contributed by atoms with Crippen molar-refractivity contribution in [1.82, 2.24) is 4.72 Å². The topological polar surface area (TPSA) is 81.4 Å². The largest absolute Gasteiger partial charge is 0.377 e. The molecule has 0 aliphatic carbocycles. The van der Waals surface area contributed by atoms with Crippen LogP contribution in [-0.2, 0) is 14.8 Å². The minimum Gasteiger partial charge on any atom is -0.377 e. The van der Waals surface area contributed by atoms with Crippen LogP contribution in [0.15, 0.2) is 29.2 Å². The molecule has 2 unspecified atom stereocenters. The molecule has 0 amide bonds. The first-order chi connectivity index (χ1) is 10.0. The predicted octanol–water partition coefficient (Wildman–Crippen LogP) is 0.843. The second-order valence-electron chi connectivity index (χ2n) is 4.99. The molecule has 1 aliphatic heterocycles. The molecule has 0 saturated carbocycles. The Kier molecular flexibility index (Phi) is 5.37. The zero-order valence-corrected chi connectivity index (χ0v) is 12.8. The second-order valence-corrected chi connectivity index (χ2v) is 6.71. The van der Waals surface area contributed by atoms with Gasteiger partial charge >= 0.3 is 0 Å². The van der Waals surface area contributed by atoms with Crippen LogP contribution in [0.25, 0.3) is 0 Å². The fourth-order valence-electron chi connectivity index (χ4n) is 2.26. The normalized spacial score (nSPS) is 19.8. The number of hydrogen-bond acceptors (Lipinski definition) is 4. The molecule has 0 aromatic heterocycles. The Morgan fingerprint density at radius 2 is 2.14 bits per heavy atom. The summed E-state index contributed by atoms with van der Waals surface area (Å²) in [6.07, 6.45) is 1.82. The van der Waals surface area contributed by atoms with Crippen LogP contribution in [0.2, 0.25) is 0 Å². The van der Waals surface area contributed by atoms with Crippen LogP contribution in [0.1, 0.15) is 25.3 Å². The highest BCUT2D eigenvalue weighted by Gasteiger charge is 2.26. The zero-order valence-electron chi connectivity index (χ0n) is 12.0. The molecule has 0 radical (unpaired) electrons. The lowest BCUT2D eigenvalue weighted by molar-refractivity contribution is 0.0902. The molecule has 3 N–H and O–H groups in total. The van der Waals surface area contributed by atoms with Gasteiger partial charge in [-0.1, -0.05) is 11.8 Å². The highest BCUT2D eigenvalue weighted by molar-refractivity contribution is 7.89. The molecule has 1 saturated heterocycles. The third kappa shape index (κ3) is 4.29. The minimum atomic E-state index is -3.54. The van der Waals surface area contributed by atoms with Crippen LogP contribution in [0.5, 0.6) is 0 Å². The van der Waals surface area contributed by atoms with Crippen molar-refractivity contribution in [3.05, 3.63) is 29.8 Å². The lowest BCUT2D eigenvalue weighted by Crippen LogP contribution is -2.40. The van der Waals surface area contributed by atoms with E-state index in [0.717, 1.165) is 18.4 Å². The van der Waals surface area contributed by atoms with Gasteiger partial charge in [-0.3, -0.25) is 0 Å². The molecule has 0 bridgehead atoms. The van der Waals surface area contributed by atoms with E-state index in [0.29, 0.717) is 6.61 Å². The molecule has 2 rings (SSSR count). The SMILES string of the molecule is CC(NS(=O)(=O)c1ccc(C#CCN)cc1)C1CCCO1. The van der Waals surface area contributed by atoms with Gasteiger partial charge in [0, 0.05) is 18.2 Å². The number of hydrogen-bond donors (Lipinski definition) is 2. The first-order valence-corrected chi connectivity index (χ1v) is 8.44. The summed E-state index contributed by atoms with van der Waals surface area (Å²) in [7, 11) is -3.54. The summed E-state index contributed by atoms with van der Waals surface area (Å²) in [5.41, 5.74) is 6.04. The smallest absolute Gasteiger partial charge is 0.240 e. The van der Waals surface area contributed by atoms with Crippen LogP contribution in [-0.4, -0.2) is 33.7 Å². The predicted molar refractivity (Wildman–Crippen MR) is 81.1 cm³/mol. The Labute approximate surface area is 125 Å². The van der Waals surface area contributed by atoms with Crippen molar-refractivity contribution in [2.45, 2.75) is 36.8 Å². The summed E-state index contributed by atoms with van der Waals surface area (Å²) in [6, 6.07) is 6.20. The van der Waals surface area contributed by atoms with E-state index >= 15 is 0 Å². The maximum Gasteiger partial charge on any atom is 0.240 e. The van der Waals surface area contributed by atoms with Gasteiger partial charge < -0.3 is 10.5 Å². The van der Waals surface area contributed by atoms with Crippen molar-refractivity contribution in [3.63, 3.8) is 0 Å². The van der Waals surface area contributed by atoms with Gasteiger partial charge in [-0.2, -0.15) is 0 Å². The molecule has 1 fully saturated rings. The molecule has 1 aromatic carbocycles. The van der Waals surface area contributed by atoms with Crippen LogP contribution in [0.4, 0.5) is 0 Å². The van der Waals surface area contributed by atoms with Gasteiger partial charge in [0.25, 0.3) is 0 Å². The summed E-state index contributed by atoms with van der Waals surface area (Å²) < 4.78 is 32.8. The molecule has 6 heteroatoms. The van der Waals surface area contributed by atoms with Crippen LogP contribution < -0.4 is 10.5 Å². The molecule has 114 valence electrons. The van der Waals surface area contributed by atoms with Gasteiger partial charge in [0.1, 0.15) is 0 Å². The fourth-order valence-corrected chi connectivity index (χ4v) is 3.53. The molecule has 1 heterocycles. The Morgan fingerprint density at radius 1 is 1.43 bits per heavy atom. The van der Waals surface area contributed by atoms with Crippen molar-refractivity contribution in [3.8, 4) is 11.8 Å². The quantitative estimate of drug-likeness (QED) is 0.808. The van der Waals surface area contributed by atoms with Crippen molar-refractivity contribution in [1.29, 1.82) is 0 Å². The van der Waals surface area contributed by atoms with E-state index in [4.69, 9.17) is 10.5 Å². The Morgan fingerprint density at radius 3 is 2.71 bits per heavy atom. The van der Waals surface area contributed by atoms with Gasteiger partial charge in [-0.15, -0.1) is 0 Å². The van der Waals surface area contributed by atoms with E-state index in [2.05, 4.69) is 16.6 Å². The third-order valence-electron chi connectivity index (χ3n) is 3.36. The minimum absolute atomic E-state index is 0.0468. The van der Waals surface area contributed by atoms with Gasteiger partial charge in [-0.25, -0.2) is 13.1 Å². The summed E-state index contributed by atoms with van der Waals surface area (Å²) in [5, 5.41) is 0. The molecular formula is C15H20N2O3S. The zero-order chi connectivity index (χ0) is 15.3. The van der Waals surface area contributed by atoms with E-state index in [-0.39, 0.29) is 23.6 Å². The average molecular weight is 308 g/mol.